The second-order valence-corrected chi connectivity index (χ2v) is 4.66. The summed E-state index contributed by atoms with van der Waals surface area (Å²) in [5, 5.41) is 5.37. The standard InChI is InChI=1S/C8H14N2S2/c1-3-9-4-5-11-8-10-7(2)6-12-8/h6,9H,3-5H2,1-2H3. The average molecular weight is 202 g/mol. The minimum atomic E-state index is 1.05. The largest absolute Gasteiger partial charge is 0.316 e. The minimum Gasteiger partial charge on any atom is -0.316 e. The van der Waals surface area contributed by atoms with Crippen LogP contribution in [0.2, 0.25) is 0 Å². The summed E-state index contributed by atoms with van der Waals surface area (Å²) in [6.45, 7) is 6.28. The summed E-state index contributed by atoms with van der Waals surface area (Å²) in [6, 6.07) is 0. The zero-order valence-corrected chi connectivity index (χ0v) is 9.10. The molecule has 4 heteroatoms. The van der Waals surface area contributed by atoms with Crippen LogP contribution in [0.4, 0.5) is 0 Å². The maximum atomic E-state index is 4.36. The molecule has 1 N–H and O–H groups in total. The number of rotatable bonds is 5. The molecule has 2 nitrogen and oxygen atoms in total. The number of aryl methyl sites for hydroxylation is 1. The highest BCUT2D eigenvalue weighted by Crippen LogP contribution is 2.21. The molecule has 0 amide bonds. The van der Waals surface area contributed by atoms with Crippen LogP contribution in [0, 0.1) is 6.92 Å². The van der Waals surface area contributed by atoms with E-state index in [0.717, 1.165) is 24.5 Å². The lowest BCUT2D eigenvalue weighted by atomic mass is 10.6. The van der Waals surface area contributed by atoms with E-state index in [-0.39, 0.29) is 0 Å². The van der Waals surface area contributed by atoms with Crippen molar-refractivity contribution in [1.29, 1.82) is 0 Å². The summed E-state index contributed by atoms with van der Waals surface area (Å²) in [5.74, 6) is 1.11. The molecule has 1 heterocycles. The molecule has 68 valence electrons. The lowest BCUT2D eigenvalue weighted by Gasteiger charge is -1.97. The molecule has 1 aromatic rings. The van der Waals surface area contributed by atoms with E-state index in [1.165, 1.54) is 4.34 Å². The summed E-state index contributed by atoms with van der Waals surface area (Å²) in [4.78, 5) is 4.36. The Morgan fingerprint density at radius 1 is 1.67 bits per heavy atom. The quantitative estimate of drug-likeness (QED) is 0.585. The Morgan fingerprint density at radius 2 is 2.50 bits per heavy atom. The monoisotopic (exact) mass is 202 g/mol. The number of thiazole rings is 1. The van der Waals surface area contributed by atoms with Gasteiger partial charge in [0.25, 0.3) is 0 Å². The van der Waals surface area contributed by atoms with Crippen LogP contribution in [0.15, 0.2) is 9.72 Å². The van der Waals surface area contributed by atoms with Gasteiger partial charge in [-0.15, -0.1) is 11.3 Å². The summed E-state index contributed by atoms with van der Waals surface area (Å²) >= 11 is 3.56. The predicted molar refractivity (Wildman–Crippen MR) is 56.1 cm³/mol. The summed E-state index contributed by atoms with van der Waals surface area (Å²) in [7, 11) is 0. The molecule has 0 saturated heterocycles. The Balaban J connectivity index is 2.15. The highest BCUT2D eigenvalue weighted by Gasteiger charge is 1.97. The van der Waals surface area contributed by atoms with Crippen LogP contribution in [0.25, 0.3) is 0 Å². The molecule has 0 spiro atoms. The van der Waals surface area contributed by atoms with E-state index in [4.69, 9.17) is 0 Å². The van der Waals surface area contributed by atoms with Crippen LogP contribution in [-0.4, -0.2) is 23.8 Å². The van der Waals surface area contributed by atoms with Crippen molar-refractivity contribution in [2.24, 2.45) is 0 Å². The number of hydrogen-bond acceptors (Lipinski definition) is 4. The van der Waals surface area contributed by atoms with E-state index in [2.05, 4.69) is 22.6 Å². The number of aromatic nitrogens is 1. The first-order valence-electron chi connectivity index (χ1n) is 4.08. The zero-order valence-electron chi connectivity index (χ0n) is 7.46. The first kappa shape index (κ1) is 10.0. The summed E-state index contributed by atoms with van der Waals surface area (Å²) in [5.41, 5.74) is 1.13. The van der Waals surface area contributed by atoms with Gasteiger partial charge in [0.05, 0.1) is 0 Å². The van der Waals surface area contributed by atoms with Crippen molar-refractivity contribution < 1.29 is 0 Å². The van der Waals surface area contributed by atoms with Crippen LogP contribution in [0.3, 0.4) is 0 Å². The molecule has 0 bridgehead atoms. The summed E-state index contributed by atoms with van der Waals surface area (Å²) in [6.07, 6.45) is 0. The van der Waals surface area contributed by atoms with Crippen molar-refractivity contribution in [3.05, 3.63) is 11.1 Å². The van der Waals surface area contributed by atoms with E-state index in [9.17, 15) is 0 Å². The Bertz CT molecular complexity index is 223. The first-order chi connectivity index (χ1) is 5.83. The molecule has 0 radical (unpaired) electrons. The van der Waals surface area contributed by atoms with Gasteiger partial charge in [-0.25, -0.2) is 4.98 Å². The molecule has 0 aromatic carbocycles. The van der Waals surface area contributed by atoms with Crippen LogP contribution >= 0.6 is 23.1 Å². The molecule has 0 aliphatic rings. The van der Waals surface area contributed by atoms with E-state index in [1.807, 2.05) is 18.7 Å². The number of hydrogen-bond donors (Lipinski definition) is 1. The molecule has 0 atom stereocenters. The van der Waals surface area contributed by atoms with Crippen molar-refractivity contribution in [2.45, 2.75) is 18.2 Å². The topological polar surface area (TPSA) is 24.9 Å². The third kappa shape index (κ3) is 3.56. The maximum absolute atomic E-state index is 4.36. The van der Waals surface area contributed by atoms with Crippen molar-refractivity contribution in [2.75, 3.05) is 18.8 Å². The van der Waals surface area contributed by atoms with Gasteiger partial charge in [0.1, 0.15) is 4.34 Å². The molecule has 0 aliphatic carbocycles. The third-order valence-corrected chi connectivity index (χ3v) is 3.49. The van der Waals surface area contributed by atoms with Gasteiger partial charge < -0.3 is 5.32 Å². The number of nitrogens with zero attached hydrogens (tertiary/aromatic N) is 1. The maximum Gasteiger partial charge on any atom is 0.150 e. The molecular weight excluding hydrogens is 188 g/mol. The number of thioether (sulfide) groups is 1. The molecule has 12 heavy (non-hydrogen) atoms. The predicted octanol–water partition coefficient (Wildman–Crippen LogP) is 2.15. The molecule has 0 aliphatic heterocycles. The van der Waals surface area contributed by atoms with E-state index in [1.54, 1.807) is 11.3 Å². The fourth-order valence-electron chi connectivity index (χ4n) is 0.786. The van der Waals surface area contributed by atoms with Crippen molar-refractivity contribution in [1.82, 2.24) is 10.3 Å². The Kier molecular flexibility index (Phi) is 4.65. The van der Waals surface area contributed by atoms with Gasteiger partial charge in [0.15, 0.2) is 0 Å². The van der Waals surface area contributed by atoms with Crippen LogP contribution in [0.1, 0.15) is 12.6 Å². The SMILES string of the molecule is CCNCCSc1nc(C)cs1. The molecule has 1 aromatic heterocycles. The van der Waals surface area contributed by atoms with Gasteiger partial charge in [0.2, 0.25) is 0 Å². The molecule has 1 rings (SSSR count). The fourth-order valence-corrected chi connectivity index (χ4v) is 2.60. The Morgan fingerprint density at radius 3 is 3.08 bits per heavy atom. The van der Waals surface area contributed by atoms with Crippen LogP contribution in [0.5, 0.6) is 0 Å². The molecule has 0 fully saturated rings. The fraction of sp³-hybridized carbons (Fsp3) is 0.625. The smallest absolute Gasteiger partial charge is 0.150 e. The zero-order chi connectivity index (χ0) is 8.81. The molecular formula is C8H14N2S2. The molecule has 0 saturated carbocycles. The van der Waals surface area contributed by atoms with Crippen LogP contribution < -0.4 is 5.32 Å². The van der Waals surface area contributed by atoms with Gasteiger partial charge in [-0.2, -0.15) is 0 Å². The third-order valence-electron chi connectivity index (χ3n) is 1.35. The Labute approximate surface area is 81.8 Å². The van der Waals surface area contributed by atoms with E-state index >= 15 is 0 Å². The van der Waals surface area contributed by atoms with Crippen molar-refractivity contribution in [3.63, 3.8) is 0 Å². The summed E-state index contributed by atoms with van der Waals surface area (Å²) < 4.78 is 1.19. The first-order valence-corrected chi connectivity index (χ1v) is 5.95. The van der Waals surface area contributed by atoms with Crippen molar-refractivity contribution >= 4 is 23.1 Å². The van der Waals surface area contributed by atoms with Gasteiger partial charge in [-0.3, -0.25) is 0 Å². The van der Waals surface area contributed by atoms with Gasteiger partial charge in [0, 0.05) is 23.4 Å². The highest BCUT2D eigenvalue weighted by atomic mass is 32.2. The van der Waals surface area contributed by atoms with Gasteiger partial charge >= 0.3 is 0 Å². The number of nitrogens with one attached hydrogen (secondary N) is 1. The average Bonchev–Trinajstić information content (AvgIpc) is 2.45. The second-order valence-electron chi connectivity index (χ2n) is 2.46. The lowest BCUT2D eigenvalue weighted by molar-refractivity contribution is 0.768. The van der Waals surface area contributed by atoms with E-state index < -0.39 is 0 Å². The normalized spacial score (nSPS) is 10.5. The van der Waals surface area contributed by atoms with Crippen molar-refractivity contribution in [3.8, 4) is 0 Å². The highest BCUT2D eigenvalue weighted by molar-refractivity contribution is 8.01. The Hall–Kier alpha value is -0.0600. The van der Waals surface area contributed by atoms with Crippen LogP contribution in [-0.2, 0) is 0 Å². The van der Waals surface area contributed by atoms with E-state index in [0.29, 0.717) is 0 Å². The lowest BCUT2D eigenvalue weighted by Crippen LogP contribution is -2.15. The molecule has 0 unspecified atom stereocenters. The minimum absolute atomic E-state index is 1.05. The second kappa shape index (κ2) is 5.56. The van der Waals surface area contributed by atoms with Gasteiger partial charge in [-0.05, 0) is 13.5 Å². The van der Waals surface area contributed by atoms with Gasteiger partial charge in [-0.1, -0.05) is 18.7 Å².